The van der Waals surface area contributed by atoms with Crippen LogP contribution in [0, 0.1) is 0 Å². The second-order valence-corrected chi connectivity index (χ2v) is 4.25. The van der Waals surface area contributed by atoms with Crippen molar-refractivity contribution in [1.82, 2.24) is 5.32 Å². The Labute approximate surface area is 116 Å². The van der Waals surface area contributed by atoms with Crippen molar-refractivity contribution in [3.63, 3.8) is 0 Å². The van der Waals surface area contributed by atoms with Crippen LogP contribution in [-0.2, 0) is 4.79 Å². The largest absolute Gasteiger partial charge is 0.480 e. The fraction of sp³-hybridized carbons (Fsp3) is 0.333. The monoisotopic (exact) mass is 305 g/mol. The Kier molecular flexibility index (Phi) is 3.92. The number of carboxylic acid groups (broad SMARTS) is 1. The van der Waals surface area contributed by atoms with E-state index in [1.54, 1.807) is 0 Å². The van der Waals surface area contributed by atoms with Crippen LogP contribution in [0.25, 0.3) is 0 Å². The molecule has 9 heteroatoms. The quantitative estimate of drug-likeness (QED) is 0.881. The summed E-state index contributed by atoms with van der Waals surface area (Å²) in [5, 5.41) is 10.6. The molecule has 1 amide bonds. The summed E-state index contributed by atoms with van der Waals surface area (Å²) >= 11 is 0. The minimum absolute atomic E-state index is 0.0207. The van der Waals surface area contributed by atoms with Crippen LogP contribution in [0.15, 0.2) is 18.2 Å². The topological polar surface area (TPSA) is 84.9 Å². The molecule has 6 nitrogen and oxygen atoms in total. The fourth-order valence-electron chi connectivity index (χ4n) is 1.71. The molecule has 0 aliphatic carbocycles. The third-order valence-corrected chi connectivity index (χ3v) is 2.67. The Hall–Kier alpha value is -2.45. The lowest BCUT2D eigenvalue weighted by molar-refractivity contribution is -0.157. The molecule has 0 bridgehead atoms. The first-order chi connectivity index (χ1) is 9.76. The van der Waals surface area contributed by atoms with Crippen LogP contribution < -0.4 is 14.8 Å². The van der Waals surface area contributed by atoms with E-state index in [4.69, 9.17) is 14.6 Å². The van der Waals surface area contributed by atoms with Gasteiger partial charge in [0.15, 0.2) is 11.5 Å². The Balaban J connectivity index is 2.10. The summed E-state index contributed by atoms with van der Waals surface area (Å²) in [6.45, 7) is -0.0216. The number of carboxylic acids is 1. The zero-order valence-electron chi connectivity index (χ0n) is 10.4. The molecular weight excluding hydrogens is 295 g/mol. The lowest BCUT2D eigenvalue weighted by Crippen LogP contribution is -2.43. The normalized spacial score (nSPS) is 14.6. The van der Waals surface area contributed by atoms with Crippen molar-refractivity contribution in [3.05, 3.63) is 23.8 Å². The van der Waals surface area contributed by atoms with Crippen LogP contribution in [0.1, 0.15) is 16.8 Å². The molecular formula is C12H10F3NO5. The molecule has 114 valence electrons. The standard InChI is InChI=1S/C12H10F3NO5/c13-12(14,15)4-7(11(18)19)16-10(17)6-1-2-8-9(3-6)21-5-20-8/h1-3,7H,4-5H2,(H,16,17)(H,18,19). The molecule has 1 aromatic carbocycles. The molecule has 1 aliphatic heterocycles. The molecule has 1 aliphatic rings. The van der Waals surface area contributed by atoms with E-state index in [9.17, 15) is 22.8 Å². The summed E-state index contributed by atoms with van der Waals surface area (Å²) in [6.07, 6.45) is -6.36. The number of ether oxygens (including phenoxy) is 2. The molecule has 21 heavy (non-hydrogen) atoms. The van der Waals surface area contributed by atoms with Gasteiger partial charge in [-0.1, -0.05) is 0 Å². The number of hydrogen-bond acceptors (Lipinski definition) is 4. The van der Waals surface area contributed by atoms with E-state index in [1.807, 2.05) is 5.32 Å². The molecule has 0 spiro atoms. The van der Waals surface area contributed by atoms with Gasteiger partial charge in [-0.2, -0.15) is 13.2 Å². The zero-order chi connectivity index (χ0) is 15.6. The van der Waals surface area contributed by atoms with Crippen molar-refractivity contribution in [2.24, 2.45) is 0 Å². The molecule has 0 fully saturated rings. The fourth-order valence-corrected chi connectivity index (χ4v) is 1.71. The Morgan fingerprint density at radius 3 is 2.57 bits per heavy atom. The Bertz CT molecular complexity index is 573. The maximum absolute atomic E-state index is 12.2. The second-order valence-electron chi connectivity index (χ2n) is 4.25. The van der Waals surface area contributed by atoms with Crippen LogP contribution in [0.5, 0.6) is 11.5 Å². The van der Waals surface area contributed by atoms with Gasteiger partial charge in [-0.05, 0) is 18.2 Å². The van der Waals surface area contributed by atoms with Gasteiger partial charge in [0, 0.05) is 5.56 Å². The summed E-state index contributed by atoms with van der Waals surface area (Å²) < 4.78 is 46.8. The molecule has 1 heterocycles. The lowest BCUT2D eigenvalue weighted by atomic mass is 10.1. The van der Waals surface area contributed by atoms with Crippen molar-refractivity contribution in [1.29, 1.82) is 0 Å². The number of alkyl halides is 3. The molecule has 1 unspecified atom stereocenters. The molecule has 2 N–H and O–H groups in total. The maximum Gasteiger partial charge on any atom is 0.391 e. The summed E-state index contributed by atoms with van der Waals surface area (Å²) in [7, 11) is 0. The van der Waals surface area contributed by atoms with Gasteiger partial charge in [0.25, 0.3) is 5.91 Å². The third kappa shape index (κ3) is 3.77. The molecule has 0 saturated heterocycles. The minimum atomic E-state index is -4.70. The lowest BCUT2D eigenvalue weighted by Gasteiger charge is -2.16. The first-order valence-corrected chi connectivity index (χ1v) is 5.76. The van der Waals surface area contributed by atoms with Crippen LogP contribution in [-0.4, -0.2) is 36.0 Å². The number of carbonyl (C=O) groups excluding carboxylic acids is 1. The van der Waals surface area contributed by atoms with Crippen LogP contribution >= 0.6 is 0 Å². The molecule has 0 saturated carbocycles. The summed E-state index contributed by atoms with van der Waals surface area (Å²) in [4.78, 5) is 22.6. The van der Waals surface area contributed by atoms with Crippen molar-refractivity contribution >= 4 is 11.9 Å². The van der Waals surface area contributed by atoms with E-state index in [2.05, 4.69) is 0 Å². The summed E-state index contributed by atoms with van der Waals surface area (Å²) in [5.74, 6) is -2.03. The van der Waals surface area contributed by atoms with E-state index < -0.39 is 30.5 Å². The smallest absolute Gasteiger partial charge is 0.391 e. The number of halogens is 3. The predicted octanol–water partition coefficient (Wildman–Crippen LogP) is 1.55. The number of fused-ring (bicyclic) bond motifs is 1. The highest BCUT2D eigenvalue weighted by molar-refractivity contribution is 5.97. The average Bonchev–Trinajstić information content (AvgIpc) is 2.83. The van der Waals surface area contributed by atoms with Crippen LogP contribution in [0.2, 0.25) is 0 Å². The van der Waals surface area contributed by atoms with E-state index in [0.29, 0.717) is 5.75 Å². The minimum Gasteiger partial charge on any atom is -0.480 e. The maximum atomic E-state index is 12.2. The Morgan fingerprint density at radius 1 is 1.29 bits per heavy atom. The SMILES string of the molecule is O=C(NC(CC(F)(F)F)C(=O)O)c1ccc2c(c1)OCO2. The van der Waals surface area contributed by atoms with Gasteiger partial charge in [0.05, 0.1) is 6.42 Å². The average molecular weight is 305 g/mol. The first-order valence-electron chi connectivity index (χ1n) is 5.76. The van der Waals surface area contributed by atoms with Gasteiger partial charge in [-0.15, -0.1) is 0 Å². The second kappa shape index (κ2) is 5.51. The van der Waals surface area contributed by atoms with Gasteiger partial charge in [0.1, 0.15) is 6.04 Å². The zero-order valence-corrected chi connectivity index (χ0v) is 10.4. The molecule has 0 radical (unpaired) electrons. The van der Waals surface area contributed by atoms with Crippen molar-refractivity contribution in [3.8, 4) is 11.5 Å². The first kappa shape index (κ1) is 14.9. The van der Waals surface area contributed by atoms with E-state index in [1.165, 1.54) is 18.2 Å². The molecule has 2 rings (SSSR count). The van der Waals surface area contributed by atoms with Gasteiger partial charge < -0.3 is 19.9 Å². The predicted molar refractivity (Wildman–Crippen MR) is 62.1 cm³/mol. The van der Waals surface area contributed by atoms with Crippen molar-refractivity contribution in [2.75, 3.05) is 6.79 Å². The number of hydrogen-bond donors (Lipinski definition) is 2. The third-order valence-electron chi connectivity index (χ3n) is 2.67. The number of rotatable bonds is 4. The summed E-state index contributed by atoms with van der Waals surface area (Å²) in [5.41, 5.74) is -0.0207. The van der Waals surface area contributed by atoms with Crippen molar-refractivity contribution in [2.45, 2.75) is 18.6 Å². The highest BCUT2D eigenvalue weighted by Crippen LogP contribution is 2.32. The number of benzene rings is 1. The van der Waals surface area contributed by atoms with Crippen LogP contribution in [0.4, 0.5) is 13.2 Å². The highest BCUT2D eigenvalue weighted by atomic mass is 19.4. The molecule has 1 atom stereocenters. The number of aliphatic carboxylic acids is 1. The van der Waals surface area contributed by atoms with Gasteiger partial charge in [-0.25, -0.2) is 4.79 Å². The van der Waals surface area contributed by atoms with Gasteiger partial charge in [-0.3, -0.25) is 4.79 Å². The molecule has 1 aromatic rings. The Morgan fingerprint density at radius 2 is 1.95 bits per heavy atom. The summed E-state index contributed by atoms with van der Waals surface area (Å²) in [6, 6.07) is 1.93. The van der Waals surface area contributed by atoms with Gasteiger partial charge in [0.2, 0.25) is 6.79 Å². The van der Waals surface area contributed by atoms with Crippen molar-refractivity contribution < 1.29 is 37.3 Å². The van der Waals surface area contributed by atoms with Crippen LogP contribution in [0.3, 0.4) is 0 Å². The highest BCUT2D eigenvalue weighted by Gasteiger charge is 2.36. The van der Waals surface area contributed by atoms with E-state index in [0.717, 1.165) is 0 Å². The van der Waals surface area contributed by atoms with E-state index >= 15 is 0 Å². The number of amides is 1. The van der Waals surface area contributed by atoms with Gasteiger partial charge >= 0.3 is 12.1 Å². The van der Waals surface area contributed by atoms with E-state index in [-0.39, 0.29) is 18.1 Å². The molecule has 0 aromatic heterocycles. The number of nitrogens with one attached hydrogen (secondary N) is 1. The number of carbonyl (C=O) groups is 2.